The quantitative estimate of drug-likeness (QED) is 0.621. The Morgan fingerprint density at radius 2 is 1.95 bits per heavy atom. The summed E-state index contributed by atoms with van der Waals surface area (Å²) >= 11 is 0. The summed E-state index contributed by atoms with van der Waals surface area (Å²) < 4.78 is 0. The number of nitrogens with one attached hydrogen (secondary N) is 1. The first-order chi connectivity index (χ1) is 9.04. The second kappa shape index (κ2) is 5.74. The van der Waals surface area contributed by atoms with Gasteiger partial charge in [0.25, 0.3) is 0 Å². The van der Waals surface area contributed by atoms with Crippen LogP contribution in [0.5, 0.6) is 0 Å². The summed E-state index contributed by atoms with van der Waals surface area (Å²) in [6, 6.07) is 0. The summed E-state index contributed by atoms with van der Waals surface area (Å²) in [5, 5.41) is 21.5. The van der Waals surface area contributed by atoms with Gasteiger partial charge < -0.3 is 15.5 Å². The first kappa shape index (κ1) is 14.1. The standard InChI is InChI=1S/C14H21NO4/c1-2-3-10(16)7-15-13(17)11-8-4-5-9(6-8)12(11)14(18)19/h4-5,8-12,16H,2-3,6-7H2,1H3,(H,15,17)(H,18,19). The van der Waals surface area contributed by atoms with E-state index in [1.807, 2.05) is 19.1 Å². The number of aliphatic carboxylic acids is 1. The van der Waals surface area contributed by atoms with E-state index in [0.717, 1.165) is 12.8 Å². The zero-order valence-corrected chi connectivity index (χ0v) is 11.1. The molecular formula is C14H21NO4. The molecule has 1 saturated carbocycles. The summed E-state index contributed by atoms with van der Waals surface area (Å²) in [7, 11) is 0. The summed E-state index contributed by atoms with van der Waals surface area (Å²) in [4.78, 5) is 23.4. The number of carboxylic acid groups (broad SMARTS) is 1. The fraction of sp³-hybridized carbons (Fsp3) is 0.714. The number of carbonyl (C=O) groups is 2. The number of aliphatic hydroxyl groups excluding tert-OH is 1. The van der Waals surface area contributed by atoms with E-state index in [1.165, 1.54) is 0 Å². The van der Waals surface area contributed by atoms with Gasteiger partial charge in [0.2, 0.25) is 5.91 Å². The highest BCUT2D eigenvalue weighted by atomic mass is 16.4. The third-order valence-corrected chi connectivity index (χ3v) is 4.18. The number of amides is 1. The van der Waals surface area contributed by atoms with Crippen LogP contribution in [0.25, 0.3) is 0 Å². The van der Waals surface area contributed by atoms with Gasteiger partial charge in [-0.1, -0.05) is 25.5 Å². The van der Waals surface area contributed by atoms with Crippen molar-refractivity contribution in [2.24, 2.45) is 23.7 Å². The minimum atomic E-state index is -0.897. The highest BCUT2D eigenvalue weighted by molar-refractivity contribution is 5.86. The molecule has 0 heterocycles. The molecular weight excluding hydrogens is 246 g/mol. The fourth-order valence-corrected chi connectivity index (χ4v) is 3.29. The fourth-order valence-electron chi connectivity index (χ4n) is 3.29. The van der Waals surface area contributed by atoms with Gasteiger partial charge in [0.05, 0.1) is 17.9 Å². The number of allylic oxidation sites excluding steroid dienone is 2. The van der Waals surface area contributed by atoms with Crippen LogP contribution in [0.3, 0.4) is 0 Å². The minimum absolute atomic E-state index is 0.0150. The summed E-state index contributed by atoms with van der Waals surface area (Å²) in [5.74, 6) is -2.21. The number of hydrogen-bond acceptors (Lipinski definition) is 3. The number of rotatable bonds is 6. The average molecular weight is 267 g/mol. The number of fused-ring (bicyclic) bond motifs is 2. The molecule has 5 heteroatoms. The van der Waals surface area contributed by atoms with E-state index in [-0.39, 0.29) is 24.3 Å². The molecule has 0 spiro atoms. The highest BCUT2D eigenvalue weighted by Crippen LogP contribution is 2.48. The van der Waals surface area contributed by atoms with Gasteiger partial charge in [0.1, 0.15) is 0 Å². The van der Waals surface area contributed by atoms with E-state index in [2.05, 4.69) is 5.32 Å². The smallest absolute Gasteiger partial charge is 0.307 e. The van der Waals surface area contributed by atoms with Crippen molar-refractivity contribution >= 4 is 11.9 Å². The molecule has 0 radical (unpaired) electrons. The molecule has 2 rings (SSSR count). The van der Waals surface area contributed by atoms with Crippen molar-refractivity contribution in [1.82, 2.24) is 5.32 Å². The Balaban J connectivity index is 1.95. The first-order valence-electron chi connectivity index (χ1n) is 6.91. The third kappa shape index (κ3) is 2.81. The van der Waals surface area contributed by atoms with Gasteiger partial charge in [0, 0.05) is 6.54 Å². The third-order valence-electron chi connectivity index (χ3n) is 4.18. The molecule has 5 atom stereocenters. The van der Waals surface area contributed by atoms with Crippen LogP contribution >= 0.6 is 0 Å². The van der Waals surface area contributed by atoms with Gasteiger partial charge in [-0.25, -0.2) is 0 Å². The van der Waals surface area contributed by atoms with Crippen LogP contribution in [0.15, 0.2) is 12.2 Å². The Morgan fingerprint density at radius 3 is 2.53 bits per heavy atom. The molecule has 2 bridgehead atoms. The Morgan fingerprint density at radius 1 is 1.32 bits per heavy atom. The van der Waals surface area contributed by atoms with Gasteiger partial charge in [-0.05, 0) is 24.7 Å². The van der Waals surface area contributed by atoms with Crippen molar-refractivity contribution in [3.63, 3.8) is 0 Å². The van der Waals surface area contributed by atoms with Gasteiger partial charge in [-0.2, -0.15) is 0 Å². The molecule has 0 aromatic rings. The second-order valence-electron chi connectivity index (χ2n) is 5.53. The van der Waals surface area contributed by atoms with Crippen LogP contribution in [-0.4, -0.2) is 34.7 Å². The first-order valence-corrected chi connectivity index (χ1v) is 6.91. The van der Waals surface area contributed by atoms with E-state index < -0.39 is 23.9 Å². The van der Waals surface area contributed by atoms with E-state index >= 15 is 0 Å². The predicted molar refractivity (Wildman–Crippen MR) is 69.3 cm³/mol. The molecule has 0 aromatic carbocycles. The van der Waals surface area contributed by atoms with Gasteiger partial charge >= 0.3 is 5.97 Å². The molecule has 0 saturated heterocycles. The van der Waals surface area contributed by atoms with E-state index in [9.17, 15) is 19.8 Å². The summed E-state index contributed by atoms with van der Waals surface area (Å²) in [6.07, 6.45) is 5.57. The Hall–Kier alpha value is -1.36. The van der Waals surface area contributed by atoms with Crippen molar-refractivity contribution in [1.29, 1.82) is 0 Å². The van der Waals surface area contributed by atoms with E-state index in [0.29, 0.717) is 6.42 Å². The topological polar surface area (TPSA) is 86.6 Å². The predicted octanol–water partition coefficient (Wildman–Crippen LogP) is 0.787. The van der Waals surface area contributed by atoms with Gasteiger partial charge in [-0.3, -0.25) is 9.59 Å². The van der Waals surface area contributed by atoms with Crippen LogP contribution in [0, 0.1) is 23.7 Å². The normalized spacial score (nSPS) is 33.4. The summed E-state index contributed by atoms with van der Waals surface area (Å²) in [5.41, 5.74) is 0. The highest BCUT2D eigenvalue weighted by Gasteiger charge is 2.51. The van der Waals surface area contributed by atoms with Crippen LogP contribution in [0.1, 0.15) is 26.2 Å². The summed E-state index contributed by atoms with van der Waals surface area (Å²) in [6.45, 7) is 2.17. The van der Waals surface area contributed by atoms with Crippen LogP contribution in [0.4, 0.5) is 0 Å². The molecule has 19 heavy (non-hydrogen) atoms. The maximum atomic E-state index is 12.1. The Kier molecular flexibility index (Phi) is 4.24. The molecule has 0 aromatic heterocycles. The van der Waals surface area contributed by atoms with E-state index in [1.54, 1.807) is 0 Å². The number of aliphatic hydroxyl groups is 1. The maximum Gasteiger partial charge on any atom is 0.307 e. The van der Waals surface area contributed by atoms with E-state index in [4.69, 9.17) is 0 Å². The van der Waals surface area contributed by atoms with Crippen molar-refractivity contribution < 1.29 is 19.8 Å². The van der Waals surface area contributed by atoms with Crippen LogP contribution < -0.4 is 5.32 Å². The molecule has 5 nitrogen and oxygen atoms in total. The monoisotopic (exact) mass is 267 g/mol. The lowest BCUT2D eigenvalue weighted by atomic mass is 9.82. The average Bonchev–Trinajstić information content (AvgIpc) is 2.96. The molecule has 2 aliphatic carbocycles. The molecule has 0 aliphatic heterocycles. The Bertz CT molecular complexity index is 393. The number of carboxylic acids is 1. The Labute approximate surface area is 112 Å². The van der Waals surface area contributed by atoms with Crippen molar-refractivity contribution in [3.05, 3.63) is 12.2 Å². The number of carbonyl (C=O) groups excluding carboxylic acids is 1. The van der Waals surface area contributed by atoms with Gasteiger partial charge in [0.15, 0.2) is 0 Å². The lowest BCUT2D eigenvalue weighted by Crippen LogP contribution is -2.42. The minimum Gasteiger partial charge on any atom is -0.481 e. The van der Waals surface area contributed by atoms with Crippen LogP contribution in [-0.2, 0) is 9.59 Å². The molecule has 2 aliphatic rings. The lowest BCUT2D eigenvalue weighted by molar-refractivity contribution is -0.147. The largest absolute Gasteiger partial charge is 0.481 e. The molecule has 106 valence electrons. The molecule has 3 N–H and O–H groups in total. The number of hydrogen-bond donors (Lipinski definition) is 3. The van der Waals surface area contributed by atoms with Gasteiger partial charge in [-0.15, -0.1) is 0 Å². The second-order valence-corrected chi connectivity index (χ2v) is 5.53. The zero-order chi connectivity index (χ0) is 14.0. The van der Waals surface area contributed by atoms with Crippen molar-refractivity contribution in [2.45, 2.75) is 32.3 Å². The molecule has 1 fully saturated rings. The van der Waals surface area contributed by atoms with Crippen LogP contribution in [0.2, 0.25) is 0 Å². The van der Waals surface area contributed by atoms with Crippen molar-refractivity contribution in [3.8, 4) is 0 Å². The van der Waals surface area contributed by atoms with Crippen molar-refractivity contribution in [2.75, 3.05) is 6.54 Å². The maximum absolute atomic E-state index is 12.1. The molecule has 5 unspecified atom stereocenters. The SMILES string of the molecule is CCCC(O)CNC(=O)C1C2C=CC(C2)C1C(=O)O. The molecule has 1 amide bonds. The zero-order valence-electron chi connectivity index (χ0n) is 11.1. The lowest BCUT2D eigenvalue weighted by Gasteiger charge is -2.24.